The molecule has 0 N–H and O–H groups in total. The van der Waals surface area contributed by atoms with Crippen molar-refractivity contribution in [3.05, 3.63) is 64.1 Å². The lowest BCUT2D eigenvalue weighted by Gasteiger charge is -2.36. The van der Waals surface area contributed by atoms with E-state index in [-0.39, 0.29) is 5.91 Å². The molecule has 0 aliphatic carbocycles. The minimum atomic E-state index is 0.118. The van der Waals surface area contributed by atoms with E-state index in [4.69, 9.17) is 0 Å². The van der Waals surface area contributed by atoms with E-state index in [1.54, 1.807) is 0 Å². The second-order valence-corrected chi connectivity index (χ2v) is 6.73. The molecule has 2 aromatic rings. The zero-order valence-corrected chi connectivity index (χ0v) is 14.9. The number of benzene rings is 2. The predicted octanol–water partition coefficient (Wildman–Crippen LogP) is 3.97. The molecule has 0 saturated carbocycles. The lowest BCUT2D eigenvalue weighted by Crippen LogP contribution is -2.48. The fourth-order valence-electron chi connectivity index (χ4n) is 2.91. The van der Waals surface area contributed by atoms with Gasteiger partial charge in [-0.15, -0.1) is 0 Å². The van der Waals surface area contributed by atoms with Gasteiger partial charge in [-0.05, 0) is 42.3 Å². The number of carbonyl (C=O) groups excluding carboxylic acids is 1. The van der Waals surface area contributed by atoms with Crippen LogP contribution in [0.1, 0.15) is 22.8 Å². The van der Waals surface area contributed by atoms with E-state index in [2.05, 4.69) is 52.0 Å². The van der Waals surface area contributed by atoms with Crippen LogP contribution in [-0.4, -0.2) is 37.0 Å². The first-order valence-corrected chi connectivity index (χ1v) is 8.85. The second-order valence-electron chi connectivity index (χ2n) is 5.81. The molecule has 4 heteroatoms. The Hall–Kier alpha value is -1.81. The summed E-state index contributed by atoms with van der Waals surface area (Å²) >= 11 is 3.43. The van der Waals surface area contributed by atoms with Gasteiger partial charge in [-0.1, -0.05) is 41.1 Å². The Morgan fingerprint density at radius 1 is 1.04 bits per heavy atom. The summed E-state index contributed by atoms with van der Waals surface area (Å²) in [6.45, 7) is 5.46. The molecule has 1 fully saturated rings. The Labute approximate surface area is 146 Å². The minimum absolute atomic E-state index is 0.118. The summed E-state index contributed by atoms with van der Waals surface area (Å²) in [6, 6.07) is 16.4. The van der Waals surface area contributed by atoms with Crippen molar-refractivity contribution in [2.45, 2.75) is 13.3 Å². The highest BCUT2D eigenvalue weighted by Gasteiger charge is 2.22. The Bertz CT molecular complexity index is 676. The maximum Gasteiger partial charge on any atom is 0.254 e. The number of hydrogen-bond acceptors (Lipinski definition) is 2. The summed E-state index contributed by atoms with van der Waals surface area (Å²) < 4.78 is 0.943. The number of hydrogen-bond donors (Lipinski definition) is 0. The monoisotopic (exact) mass is 372 g/mol. The first-order valence-electron chi connectivity index (χ1n) is 8.06. The summed E-state index contributed by atoms with van der Waals surface area (Å²) in [5.41, 5.74) is 3.36. The summed E-state index contributed by atoms with van der Waals surface area (Å²) in [5.74, 6) is 0.118. The average Bonchev–Trinajstić information content (AvgIpc) is 2.61. The van der Waals surface area contributed by atoms with E-state index in [9.17, 15) is 4.79 Å². The Balaban J connectivity index is 1.62. The highest BCUT2D eigenvalue weighted by Crippen LogP contribution is 2.19. The number of halogens is 1. The van der Waals surface area contributed by atoms with Gasteiger partial charge in [-0.25, -0.2) is 0 Å². The summed E-state index contributed by atoms with van der Waals surface area (Å²) in [6.07, 6.45) is 1.06. The Kier molecular flexibility index (Phi) is 5.01. The molecule has 120 valence electrons. The van der Waals surface area contributed by atoms with Crippen LogP contribution in [0.3, 0.4) is 0 Å². The molecule has 1 aliphatic heterocycles. The van der Waals surface area contributed by atoms with Gasteiger partial charge in [0.2, 0.25) is 0 Å². The molecule has 0 bridgehead atoms. The number of anilines is 1. The van der Waals surface area contributed by atoms with Crippen molar-refractivity contribution in [3.63, 3.8) is 0 Å². The summed E-state index contributed by atoms with van der Waals surface area (Å²) in [7, 11) is 0. The van der Waals surface area contributed by atoms with Gasteiger partial charge in [0.25, 0.3) is 5.91 Å². The van der Waals surface area contributed by atoms with E-state index in [1.807, 2.05) is 29.2 Å². The maximum absolute atomic E-state index is 12.6. The number of carbonyl (C=O) groups is 1. The van der Waals surface area contributed by atoms with E-state index < -0.39 is 0 Å². The first-order chi connectivity index (χ1) is 11.2. The fourth-order valence-corrected chi connectivity index (χ4v) is 3.31. The molecule has 2 aromatic carbocycles. The average molecular weight is 373 g/mol. The zero-order chi connectivity index (χ0) is 16.2. The van der Waals surface area contributed by atoms with Crippen LogP contribution < -0.4 is 4.90 Å². The molecule has 0 spiro atoms. The van der Waals surface area contributed by atoms with Crippen molar-refractivity contribution < 1.29 is 4.79 Å². The van der Waals surface area contributed by atoms with Gasteiger partial charge in [0.15, 0.2) is 0 Å². The van der Waals surface area contributed by atoms with Gasteiger partial charge in [0.05, 0.1) is 0 Å². The molecule has 0 atom stereocenters. The van der Waals surface area contributed by atoms with Gasteiger partial charge in [-0.3, -0.25) is 4.79 Å². The number of aryl methyl sites for hydroxylation is 1. The van der Waals surface area contributed by atoms with Gasteiger partial charge in [-0.2, -0.15) is 0 Å². The molecular weight excluding hydrogens is 352 g/mol. The van der Waals surface area contributed by atoms with Crippen molar-refractivity contribution in [2.24, 2.45) is 0 Å². The van der Waals surface area contributed by atoms with Crippen molar-refractivity contribution in [2.75, 3.05) is 31.1 Å². The predicted molar refractivity (Wildman–Crippen MR) is 98.1 cm³/mol. The zero-order valence-electron chi connectivity index (χ0n) is 13.3. The largest absolute Gasteiger partial charge is 0.368 e. The highest BCUT2D eigenvalue weighted by molar-refractivity contribution is 9.10. The van der Waals surface area contributed by atoms with Crippen molar-refractivity contribution in [3.8, 4) is 0 Å². The lowest BCUT2D eigenvalue weighted by atomic mass is 10.1. The number of piperazine rings is 1. The molecule has 3 rings (SSSR count). The van der Waals surface area contributed by atoms with Crippen LogP contribution in [0.5, 0.6) is 0 Å². The van der Waals surface area contributed by atoms with Crippen LogP contribution >= 0.6 is 15.9 Å². The molecule has 0 radical (unpaired) electrons. The maximum atomic E-state index is 12.6. The van der Waals surface area contributed by atoms with Gasteiger partial charge in [0, 0.05) is 41.9 Å². The second kappa shape index (κ2) is 7.18. The first kappa shape index (κ1) is 16.1. The Morgan fingerprint density at radius 2 is 1.74 bits per heavy atom. The standard InChI is InChI=1S/C19H21BrN2O/c1-2-15-6-8-18(9-7-15)21-10-12-22(13-11-21)19(23)16-4-3-5-17(20)14-16/h3-9,14H,2,10-13H2,1H3. The molecule has 0 aromatic heterocycles. The molecule has 1 amide bonds. The van der Waals surface area contributed by atoms with Crippen LogP contribution in [0.15, 0.2) is 53.0 Å². The quantitative estimate of drug-likeness (QED) is 0.813. The van der Waals surface area contributed by atoms with E-state index >= 15 is 0 Å². The van der Waals surface area contributed by atoms with Crippen molar-refractivity contribution in [1.82, 2.24) is 4.90 Å². The fraction of sp³-hybridized carbons (Fsp3) is 0.316. The third kappa shape index (κ3) is 3.75. The van der Waals surface area contributed by atoms with Crippen LogP contribution in [0.2, 0.25) is 0 Å². The smallest absolute Gasteiger partial charge is 0.254 e. The third-order valence-electron chi connectivity index (χ3n) is 4.35. The normalized spacial score (nSPS) is 14.9. The van der Waals surface area contributed by atoms with Crippen LogP contribution in [0.25, 0.3) is 0 Å². The highest BCUT2D eigenvalue weighted by atomic mass is 79.9. The van der Waals surface area contributed by atoms with Crippen molar-refractivity contribution >= 4 is 27.5 Å². The number of nitrogens with zero attached hydrogens (tertiary/aromatic N) is 2. The van der Waals surface area contributed by atoms with E-state index in [1.165, 1.54) is 11.3 Å². The molecule has 1 heterocycles. The van der Waals surface area contributed by atoms with E-state index in [0.717, 1.165) is 42.6 Å². The van der Waals surface area contributed by atoms with Gasteiger partial charge < -0.3 is 9.80 Å². The molecule has 1 aliphatic rings. The van der Waals surface area contributed by atoms with Crippen LogP contribution in [0, 0.1) is 0 Å². The molecule has 23 heavy (non-hydrogen) atoms. The molecule has 1 saturated heterocycles. The molecule has 0 unspecified atom stereocenters. The van der Waals surface area contributed by atoms with Gasteiger partial charge in [0.1, 0.15) is 0 Å². The van der Waals surface area contributed by atoms with E-state index in [0.29, 0.717) is 0 Å². The summed E-state index contributed by atoms with van der Waals surface area (Å²) in [4.78, 5) is 16.9. The number of rotatable bonds is 3. The Morgan fingerprint density at radius 3 is 2.35 bits per heavy atom. The lowest BCUT2D eigenvalue weighted by molar-refractivity contribution is 0.0746. The van der Waals surface area contributed by atoms with Crippen LogP contribution in [-0.2, 0) is 6.42 Å². The third-order valence-corrected chi connectivity index (χ3v) is 4.84. The number of amides is 1. The topological polar surface area (TPSA) is 23.6 Å². The summed E-state index contributed by atoms with van der Waals surface area (Å²) in [5, 5.41) is 0. The van der Waals surface area contributed by atoms with Crippen molar-refractivity contribution in [1.29, 1.82) is 0 Å². The molecule has 3 nitrogen and oxygen atoms in total. The minimum Gasteiger partial charge on any atom is -0.368 e. The molecular formula is C19H21BrN2O. The van der Waals surface area contributed by atoms with Crippen LogP contribution in [0.4, 0.5) is 5.69 Å². The SMILES string of the molecule is CCc1ccc(N2CCN(C(=O)c3cccc(Br)c3)CC2)cc1. The van der Waals surface area contributed by atoms with Gasteiger partial charge >= 0.3 is 0 Å².